The van der Waals surface area contributed by atoms with Gasteiger partial charge in [-0.2, -0.15) is 0 Å². The lowest BCUT2D eigenvalue weighted by atomic mass is 9.93. The molecule has 0 aliphatic carbocycles. The second kappa shape index (κ2) is 11.8. The average Bonchev–Trinajstić information content (AvgIpc) is 3.39. The quantitative estimate of drug-likeness (QED) is 0.326. The molecule has 1 aromatic heterocycles. The fraction of sp³-hybridized carbons (Fsp3) is 0.400. The van der Waals surface area contributed by atoms with E-state index in [1.54, 1.807) is 28.4 Å². The molecule has 36 heavy (non-hydrogen) atoms. The van der Waals surface area contributed by atoms with Crippen molar-refractivity contribution in [1.82, 2.24) is 9.80 Å². The van der Waals surface area contributed by atoms with Gasteiger partial charge in [0.25, 0.3) is 5.91 Å². The van der Waals surface area contributed by atoms with Crippen molar-refractivity contribution in [2.24, 2.45) is 0 Å². The average molecular weight is 507 g/mol. The SMILES string of the molecule is CCCCc1ccc(C(=O)N(CC(=O)N2CCc3sccc3C2c2ccc(F)cc2)C(C)CC)cc1. The lowest BCUT2D eigenvalue weighted by molar-refractivity contribution is -0.134. The van der Waals surface area contributed by atoms with Crippen LogP contribution in [0.25, 0.3) is 0 Å². The van der Waals surface area contributed by atoms with Gasteiger partial charge in [-0.05, 0) is 85.0 Å². The van der Waals surface area contributed by atoms with Gasteiger partial charge < -0.3 is 9.80 Å². The second-order valence-electron chi connectivity index (χ2n) is 9.58. The third-order valence-electron chi connectivity index (χ3n) is 7.18. The maximum atomic E-state index is 13.8. The van der Waals surface area contributed by atoms with Crippen LogP contribution in [0.15, 0.2) is 60.0 Å². The number of benzene rings is 2. The zero-order chi connectivity index (χ0) is 25.7. The van der Waals surface area contributed by atoms with E-state index in [9.17, 15) is 14.0 Å². The van der Waals surface area contributed by atoms with E-state index in [0.717, 1.165) is 43.2 Å². The maximum absolute atomic E-state index is 13.8. The standard InChI is InChI=1S/C30H35FN2O2S/c1-4-6-7-22-8-10-24(11-9-22)30(35)33(21(3)5-2)20-28(34)32-18-16-27-26(17-19-36-27)29(32)23-12-14-25(31)15-13-23/h8-15,17,19,21,29H,4-7,16,18,20H2,1-3H3. The molecule has 2 atom stereocenters. The van der Waals surface area contributed by atoms with Crippen LogP contribution in [0.1, 0.15) is 78.0 Å². The molecule has 0 saturated heterocycles. The van der Waals surface area contributed by atoms with E-state index < -0.39 is 0 Å². The summed E-state index contributed by atoms with van der Waals surface area (Å²) in [5, 5.41) is 2.05. The van der Waals surface area contributed by atoms with Gasteiger partial charge in [-0.15, -0.1) is 11.3 Å². The van der Waals surface area contributed by atoms with Crippen molar-refractivity contribution in [2.75, 3.05) is 13.1 Å². The Balaban J connectivity index is 1.58. The molecular formula is C30H35FN2O2S. The van der Waals surface area contributed by atoms with Crippen LogP contribution in [0.3, 0.4) is 0 Å². The van der Waals surface area contributed by atoms with Gasteiger partial charge in [-0.1, -0.05) is 44.5 Å². The zero-order valence-electron chi connectivity index (χ0n) is 21.4. The second-order valence-corrected chi connectivity index (χ2v) is 10.6. The monoisotopic (exact) mass is 506 g/mol. The Hall–Kier alpha value is -2.99. The molecule has 0 spiro atoms. The number of carbonyl (C=O) groups is 2. The number of carbonyl (C=O) groups excluding carboxylic acids is 2. The predicted octanol–water partition coefficient (Wildman–Crippen LogP) is 6.64. The minimum absolute atomic E-state index is 0.0165. The number of halogens is 1. The summed E-state index contributed by atoms with van der Waals surface area (Å²) in [6.45, 7) is 6.78. The molecule has 190 valence electrons. The number of rotatable bonds is 9. The topological polar surface area (TPSA) is 40.6 Å². The number of hydrogen-bond acceptors (Lipinski definition) is 3. The summed E-state index contributed by atoms with van der Waals surface area (Å²) < 4.78 is 13.7. The van der Waals surface area contributed by atoms with Crippen molar-refractivity contribution in [3.8, 4) is 0 Å². The molecule has 1 aliphatic rings. The van der Waals surface area contributed by atoms with Crippen molar-refractivity contribution in [3.05, 3.63) is 92.9 Å². The highest BCUT2D eigenvalue weighted by Crippen LogP contribution is 2.38. The molecule has 4 nitrogen and oxygen atoms in total. The van der Waals surface area contributed by atoms with E-state index in [0.29, 0.717) is 12.1 Å². The molecule has 1 aliphatic heterocycles. The fourth-order valence-corrected chi connectivity index (χ4v) is 5.74. The van der Waals surface area contributed by atoms with Crippen molar-refractivity contribution in [1.29, 1.82) is 0 Å². The smallest absolute Gasteiger partial charge is 0.254 e. The Kier molecular flexibility index (Phi) is 8.57. The van der Waals surface area contributed by atoms with Gasteiger partial charge in [-0.25, -0.2) is 4.39 Å². The van der Waals surface area contributed by atoms with E-state index in [2.05, 4.69) is 13.0 Å². The van der Waals surface area contributed by atoms with E-state index in [1.807, 2.05) is 48.4 Å². The van der Waals surface area contributed by atoms with E-state index in [4.69, 9.17) is 0 Å². The van der Waals surface area contributed by atoms with Crippen molar-refractivity contribution in [2.45, 2.75) is 65.0 Å². The van der Waals surface area contributed by atoms with Gasteiger partial charge in [0.15, 0.2) is 0 Å². The number of fused-ring (bicyclic) bond motifs is 1. The molecule has 2 heterocycles. The molecule has 2 amide bonds. The molecule has 6 heteroatoms. The Morgan fingerprint density at radius 2 is 1.81 bits per heavy atom. The first-order valence-corrected chi connectivity index (χ1v) is 13.8. The Morgan fingerprint density at radius 3 is 2.47 bits per heavy atom. The largest absolute Gasteiger partial charge is 0.330 e. The van der Waals surface area contributed by atoms with Crippen LogP contribution >= 0.6 is 11.3 Å². The molecular weight excluding hydrogens is 471 g/mol. The molecule has 2 unspecified atom stereocenters. The first-order chi connectivity index (χ1) is 17.4. The lowest BCUT2D eigenvalue weighted by Gasteiger charge is -2.38. The van der Waals surface area contributed by atoms with Crippen LogP contribution in [0.5, 0.6) is 0 Å². The number of hydrogen-bond donors (Lipinski definition) is 0. The van der Waals surface area contributed by atoms with Crippen molar-refractivity contribution in [3.63, 3.8) is 0 Å². The molecule has 3 aromatic rings. The van der Waals surface area contributed by atoms with Crippen LogP contribution in [-0.2, 0) is 17.6 Å². The summed E-state index contributed by atoms with van der Waals surface area (Å²) in [5.41, 5.74) is 3.81. The summed E-state index contributed by atoms with van der Waals surface area (Å²) in [4.78, 5) is 32.1. The van der Waals surface area contributed by atoms with Gasteiger partial charge in [0, 0.05) is 23.0 Å². The zero-order valence-corrected chi connectivity index (χ0v) is 22.2. The molecule has 4 rings (SSSR count). The summed E-state index contributed by atoms with van der Waals surface area (Å²) >= 11 is 1.69. The lowest BCUT2D eigenvalue weighted by Crippen LogP contribution is -2.49. The van der Waals surface area contributed by atoms with E-state index in [-0.39, 0.29) is 36.3 Å². The number of aryl methyl sites for hydroxylation is 1. The van der Waals surface area contributed by atoms with Crippen LogP contribution < -0.4 is 0 Å². The van der Waals surface area contributed by atoms with Crippen LogP contribution in [0, 0.1) is 5.82 Å². The normalized spacial score (nSPS) is 15.9. The maximum Gasteiger partial charge on any atom is 0.254 e. The molecule has 0 N–H and O–H groups in total. The summed E-state index contributed by atoms with van der Waals surface area (Å²) in [6.07, 6.45) is 4.80. The van der Waals surface area contributed by atoms with Crippen molar-refractivity contribution >= 4 is 23.2 Å². The van der Waals surface area contributed by atoms with Gasteiger partial charge in [0.1, 0.15) is 12.4 Å². The number of nitrogens with zero attached hydrogens (tertiary/aromatic N) is 2. The Bertz CT molecular complexity index is 1170. The number of thiophene rings is 1. The van der Waals surface area contributed by atoms with Gasteiger partial charge in [0.05, 0.1) is 6.04 Å². The molecule has 0 radical (unpaired) electrons. The number of unbranched alkanes of at least 4 members (excludes halogenated alkanes) is 1. The molecule has 0 bridgehead atoms. The van der Waals surface area contributed by atoms with Crippen LogP contribution in [0.2, 0.25) is 0 Å². The minimum Gasteiger partial charge on any atom is -0.330 e. The third kappa shape index (κ3) is 5.70. The third-order valence-corrected chi connectivity index (χ3v) is 8.18. The highest BCUT2D eigenvalue weighted by atomic mass is 32.1. The first kappa shape index (κ1) is 26.1. The van der Waals surface area contributed by atoms with E-state index in [1.165, 1.54) is 22.6 Å². The Morgan fingerprint density at radius 1 is 1.08 bits per heavy atom. The summed E-state index contributed by atoms with van der Waals surface area (Å²) in [6, 6.07) is 15.9. The van der Waals surface area contributed by atoms with Gasteiger partial charge in [0.2, 0.25) is 5.91 Å². The van der Waals surface area contributed by atoms with Gasteiger partial charge >= 0.3 is 0 Å². The number of amides is 2. The van der Waals surface area contributed by atoms with Crippen LogP contribution in [0.4, 0.5) is 4.39 Å². The summed E-state index contributed by atoms with van der Waals surface area (Å²) in [7, 11) is 0. The summed E-state index contributed by atoms with van der Waals surface area (Å²) in [5.74, 6) is -0.507. The first-order valence-electron chi connectivity index (χ1n) is 12.9. The molecule has 0 saturated carbocycles. The molecule has 2 aromatic carbocycles. The Labute approximate surface area is 217 Å². The highest BCUT2D eigenvalue weighted by molar-refractivity contribution is 7.10. The predicted molar refractivity (Wildman–Crippen MR) is 144 cm³/mol. The fourth-order valence-electron chi connectivity index (χ4n) is 4.84. The molecule has 0 fully saturated rings. The van der Waals surface area contributed by atoms with Crippen molar-refractivity contribution < 1.29 is 14.0 Å². The highest BCUT2D eigenvalue weighted by Gasteiger charge is 2.34. The minimum atomic E-state index is -0.299. The van der Waals surface area contributed by atoms with Crippen LogP contribution in [-0.4, -0.2) is 40.7 Å². The van der Waals surface area contributed by atoms with Gasteiger partial charge in [-0.3, -0.25) is 9.59 Å². The van der Waals surface area contributed by atoms with E-state index >= 15 is 0 Å².